The van der Waals surface area contributed by atoms with E-state index in [9.17, 15) is 9.90 Å². The van der Waals surface area contributed by atoms with E-state index in [1.54, 1.807) is 42.4 Å². The van der Waals surface area contributed by atoms with E-state index in [2.05, 4.69) is 16.1 Å². The van der Waals surface area contributed by atoms with E-state index in [4.69, 9.17) is 14.7 Å². The van der Waals surface area contributed by atoms with Crippen LogP contribution in [0.25, 0.3) is 33.4 Å². The van der Waals surface area contributed by atoms with Gasteiger partial charge in [0.25, 0.3) is 0 Å². The lowest BCUT2D eigenvalue weighted by atomic mass is 10.0. The number of hydrogen-bond acceptors (Lipinski definition) is 7. The van der Waals surface area contributed by atoms with E-state index < -0.39 is 5.60 Å². The summed E-state index contributed by atoms with van der Waals surface area (Å²) in [7, 11) is 1.76. The maximum Gasteiger partial charge on any atom is 0.250 e. The Morgan fingerprint density at radius 3 is 2.65 bits per heavy atom. The summed E-state index contributed by atoms with van der Waals surface area (Å²) in [5, 5.41) is 15.6. The Morgan fingerprint density at radius 2 is 1.89 bits per heavy atom. The molecule has 2 fully saturated rings. The van der Waals surface area contributed by atoms with E-state index in [0.717, 1.165) is 40.0 Å². The minimum atomic E-state index is -0.874. The fourth-order valence-electron chi connectivity index (χ4n) is 5.12. The van der Waals surface area contributed by atoms with Crippen LogP contribution in [-0.2, 0) is 18.3 Å². The number of aromatic nitrogens is 5. The number of aliphatic hydroxyl groups is 1. The van der Waals surface area contributed by atoms with Crippen LogP contribution in [0.1, 0.15) is 26.7 Å². The van der Waals surface area contributed by atoms with Crippen LogP contribution >= 0.6 is 0 Å². The molecule has 0 unspecified atom stereocenters. The topological polar surface area (TPSA) is 98.3 Å². The highest BCUT2D eigenvalue weighted by molar-refractivity contribution is 5.94. The van der Waals surface area contributed by atoms with Crippen molar-refractivity contribution in [2.45, 2.75) is 44.9 Å². The Kier molecular flexibility index (Phi) is 5.84. The van der Waals surface area contributed by atoms with Gasteiger partial charge in [0.2, 0.25) is 5.56 Å². The van der Waals surface area contributed by atoms with E-state index in [1.807, 2.05) is 30.6 Å². The van der Waals surface area contributed by atoms with Crippen molar-refractivity contribution in [1.29, 1.82) is 0 Å². The largest absolute Gasteiger partial charge is 0.389 e. The quantitative estimate of drug-likeness (QED) is 0.434. The minimum absolute atomic E-state index is 0.0380. The van der Waals surface area contributed by atoms with Crippen molar-refractivity contribution in [1.82, 2.24) is 24.3 Å². The lowest BCUT2D eigenvalue weighted by Crippen LogP contribution is -2.47. The summed E-state index contributed by atoms with van der Waals surface area (Å²) < 4.78 is 9.20. The molecule has 1 aromatic carbocycles. The van der Waals surface area contributed by atoms with Gasteiger partial charge in [-0.05, 0) is 61.9 Å². The second-order valence-corrected chi connectivity index (χ2v) is 10.9. The fourth-order valence-corrected chi connectivity index (χ4v) is 5.12. The average molecular weight is 501 g/mol. The van der Waals surface area contributed by atoms with Crippen molar-refractivity contribution < 1.29 is 9.84 Å². The molecule has 4 heterocycles. The molecule has 1 aliphatic carbocycles. The molecule has 9 nitrogen and oxygen atoms in total. The summed E-state index contributed by atoms with van der Waals surface area (Å²) in [5.74, 6) is 2.14. The Labute approximate surface area is 215 Å². The molecule has 192 valence electrons. The zero-order chi connectivity index (χ0) is 25.7. The number of pyridine rings is 1. The van der Waals surface area contributed by atoms with Gasteiger partial charge in [-0.1, -0.05) is 6.07 Å². The molecule has 4 aromatic rings. The highest BCUT2D eigenvalue weighted by Crippen LogP contribution is 2.40. The average Bonchev–Trinajstić information content (AvgIpc) is 3.62. The minimum Gasteiger partial charge on any atom is -0.389 e. The molecule has 1 aliphatic heterocycles. The van der Waals surface area contributed by atoms with Crippen molar-refractivity contribution in [3.05, 3.63) is 59.3 Å². The summed E-state index contributed by atoms with van der Waals surface area (Å²) >= 11 is 0. The Bertz CT molecular complexity index is 1510. The summed E-state index contributed by atoms with van der Waals surface area (Å²) in [6, 6.07) is 9.94. The van der Waals surface area contributed by atoms with Crippen LogP contribution in [0.15, 0.2) is 53.7 Å². The highest BCUT2D eigenvalue weighted by atomic mass is 16.5. The molecule has 0 radical (unpaired) electrons. The molecular formula is C28H32N6O3. The molecular weight excluding hydrogens is 468 g/mol. The maximum atomic E-state index is 11.9. The number of anilines is 1. The molecule has 2 aliphatic rings. The molecule has 9 heteroatoms. The normalized spacial score (nSPS) is 18.5. The smallest absolute Gasteiger partial charge is 0.250 e. The Morgan fingerprint density at radius 1 is 1.08 bits per heavy atom. The van der Waals surface area contributed by atoms with Crippen molar-refractivity contribution in [2.24, 2.45) is 13.0 Å². The van der Waals surface area contributed by atoms with Gasteiger partial charge in [0, 0.05) is 37.4 Å². The Hall–Kier alpha value is -3.56. The second-order valence-electron chi connectivity index (χ2n) is 10.9. The van der Waals surface area contributed by atoms with Crippen molar-refractivity contribution >= 4 is 16.7 Å². The monoisotopic (exact) mass is 500 g/mol. The van der Waals surface area contributed by atoms with Crippen LogP contribution in [0.5, 0.6) is 0 Å². The van der Waals surface area contributed by atoms with Crippen LogP contribution in [0.2, 0.25) is 0 Å². The highest BCUT2D eigenvalue weighted by Gasteiger charge is 2.38. The number of aryl methyl sites for hydroxylation is 1. The Balaban J connectivity index is 1.49. The van der Waals surface area contributed by atoms with Gasteiger partial charge in [-0.25, -0.2) is 9.97 Å². The third-order valence-electron chi connectivity index (χ3n) is 7.14. The lowest BCUT2D eigenvalue weighted by Gasteiger charge is -2.37. The van der Waals surface area contributed by atoms with Gasteiger partial charge in [-0.15, -0.1) is 0 Å². The first-order valence-corrected chi connectivity index (χ1v) is 12.8. The van der Waals surface area contributed by atoms with E-state index in [1.165, 1.54) is 12.8 Å². The number of ether oxygens (including phenoxy) is 1. The molecule has 1 atom stereocenters. The first-order valence-electron chi connectivity index (χ1n) is 12.8. The van der Waals surface area contributed by atoms with Gasteiger partial charge < -0.3 is 19.3 Å². The van der Waals surface area contributed by atoms with Crippen LogP contribution in [0.4, 0.5) is 5.82 Å². The summed E-state index contributed by atoms with van der Waals surface area (Å²) in [5.41, 5.74) is 2.73. The van der Waals surface area contributed by atoms with Gasteiger partial charge in [0.1, 0.15) is 5.82 Å². The maximum absolute atomic E-state index is 11.9. The summed E-state index contributed by atoms with van der Waals surface area (Å²) in [6.07, 6.45) is 7.94. The zero-order valence-corrected chi connectivity index (χ0v) is 21.5. The number of nitrogens with zero attached hydrogens (tertiary/aromatic N) is 6. The molecule has 1 saturated heterocycles. The lowest BCUT2D eigenvalue weighted by molar-refractivity contribution is 0.0577. The molecule has 0 amide bonds. The van der Waals surface area contributed by atoms with Gasteiger partial charge in [-0.2, -0.15) is 5.10 Å². The molecule has 37 heavy (non-hydrogen) atoms. The fraction of sp³-hybridized carbons (Fsp3) is 0.429. The first-order chi connectivity index (χ1) is 17.7. The van der Waals surface area contributed by atoms with Gasteiger partial charge >= 0.3 is 0 Å². The predicted molar refractivity (Wildman–Crippen MR) is 142 cm³/mol. The van der Waals surface area contributed by atoms with Crippen molar-refractivity contribution in [2.75, 3.05) is 24.7 Å². The van der Waals surface area contributed by atoms with Gasteiger partial charge in [0.05, 0.1) is 48.7 Å². The molecule has 3 aromatic heterocycles. The van der Waals surface area contributed by atoms with E-state index in [0.29, 0.717) is 37.5 Å². The third-order valence-corrected chi connectivity index (χ3v) is 7.14. The van der Waals surface area contributed by atoms with E-state index in [-0.39, 0.29) is 5.56 Å². The first kappa shape index (κ1) is 23.8. The van der Waals surface area contributed by atoms with Crippen molar-refractivity contribution in [3.8, 4) is 22.5 Å². The van der Waals surface area contributed by atoms with Gasteiger partial charge in [-0.3, -0.25) is 9.48 Å². The molecule has 0 bridgehead atoms. The van der Waals surface area contributed by atoms with Crippen molar-refractivity contribution in [3.63, 3.8) is 0 Å². The zero-order valence-electron chi connectivity index (χ0n) is 21.5. The molecule has 0 spiro atoms. The molecule has 6 rings (SSSR count). The van der Waals surface area contributed by atoms with Crippen LogP contribution < -0.4 is 10.5 Å². The number of morpholine rings is 1. The third kappa shape index (κ3) is 4.89. The van der Waals surface area contributed by atoms with Crippen LogP contribution in [0, 0.1) is 5.92 Å². The summed E-state index contributed by atoms with van der Waals surface area (Å²) in [4.78, 5) is 24.4. The standard InChI is InChI=1S/C28H32N6O3/c1-28(2,36)17-33-15-21(13-29-33)26-30-23-8-6-19(20-7-9-25(35)32(3)14-20)12-22(23)27(31-26)34-10-11-37-16-24(34)18-4-5-18/h6-9,12-15,18,24,36H,4-5,10-11,16-17H2,1-3H3/t24-/m1/s1. The van der Waals surface area contributed by atoms with Crippen LogP contribution in [-0.4, -0.2) is 60.8 Å². The van der Waals surface area contributed by atoms with E-state index >= 15 is 0 Å². The molecule has 1 N–H and O–H groups in total. The predicted octanol–water partition coefficient (Wildman–Crippen LogP) is 3.25. The summed E-state index contributed by atoms with van der Waals surface area (Å²) in [6.45, 7) is 6.04. The SMILES string of the molecule is Cn1cc(-c2ccc3nc(-c4cnn(CC(C)(C)O)c4)nc(N4CCOC[C@@H]4C4CC4)c3c2)ccc1=O. The van der Waals surface area contributed by atoms with Crippen LogP contribution in [0.3, 0.4) is 0 Å². The number of hydrogen-bond donors (Lipinski definition) is 1. The molecule has 1 saturated carbocycles. The number of rotatable bonds is 6. The second kappa shape index (κ2) is 9.08. The number of benzene rings is 1. The number of fused-ring (bicyclic) bond motifs is 1. The van der Waals surface area contributed by atoms with Gasteiger partial charge in [0.15, 0.2) is 5.82 Å².